The molecule has 128 valence electrons. The van der Waals surface area contributed by atoms with E-state index in [4.69, 9.17) is 4.74 Å². The number of rotatable bonds is 4. The van der Waals surface area contributed by atoms with E-state index in [0.29, 0.717) is 0 Å². The fraction of sp³-hybridized carbons (Fsp3) is 0.300. The first-order valence-corrected chi connectivity index (χ1v) is 8.29. The van der Waals surface area contributed by atoms with Crippen LogP contribution in [0.15, 0.2) is 35.9 Å². The summed E-state index contributed by atoms with van der Waals surface area (Å²) in [5.74, 6) is 0.626. The van der Waals surface area contributed by atoms with Crippen LogP contribution >= 0.6 is 0 Å². The van der Waals surface area contributed by atoms with Crippen LogP contribution in [0.1, 0.15) is 23.4 Å². The molecule has 1 amide bonds. The molecular weight excluding hydrogens is 314 g/mol. The van der Waals surface area contributed by atoms with Crippen molar-refractivity contribution in [1.82, 2.24) is 9.47 Å². The number of carbonyl (C=O) groups is 1. The molecule has 1 saturated heterocycles. The lowest BCUT2D eigenvalue weighted by Crippen LogP contribution is -2.42. The Labute approximate surface area is 147 Å². The fourth-order valence-corrected chi connectivity index (χ4v) is 3.05. The third-order valence-corrected chi connectivity index (χ3v) is 4.59. The summed E-state index contributed by atoms with van der Waals surface area (Å²) in [5, 5.41) is 9.38. The van der Waals surface area contributed by atoms with Crippen LogP contribution in [0.5, 0.6) is 5.75 Å². The lowest BCUT2D eigenvalue weighted by atomic mass is 10.1. The Morgan fingerprint density at radius 2 is 1.92 bits per heavy atom. The Kier molecular flexibility index (Phi) is 4.62. The van der Waals surface area contributed by atoms with E-state index in [1.54, 1.807) is 18.1 Å². The van der Waals surface area contributed by atoms with Crippen molar-refractivity contribution in [2.75, 3.05) is 20.2 Å². The zero-order chi connectivity index (χ0) is 18.0. The highest BCUT2D eigenvalue weighted by atomic mass is 16.5. The van der Waals surface area contributed by atoms with Crippen molar-refractivity contribution in [1.29, 1.82) is 5.26 Å². The Morgan fingerprint density at radius 3 is 2.44 bits per heavy atom. The molecule has 1 aromatic carbocycles. The molecule has 0 spiro atoms. The number of aromatic nitrogens is 1. The van der Waals surface area contributed by atoms with Gasteiger partial charge in [-0.05, 0) is 62.2 Å². The Hall–Kier alpha value is -3.00. The molecule has 3 rings (SSSR count). The first-order chi connectivity index (χ1) is 12.0. The highest BCUT2D eigenvalue weighted by Gasteiger charge is 2.24. The maximum absolute atomic E-state index is 12.3. The van der Waals surface area contributed by atoms with Crippen molar-refractivity contribution in [2.24, 2.45) is 0 Å². The fourth-order valence-electron chi connectivity index (χ4n) is 3.05. The quantitative estimate of drug-likeness (QED) is 0.636. The van der Waals surface area contributed by atoms with E-state index >= 15 is 0 Å². The molecular formula is C20H21N3O2. The van der Waals surface area contributed by atoms with Gasteiger partial charge in [-0.25, -0.2) is 0 Å². The van der Waals surface area contributed by atoms with Crippen molar-refractivity contribution in [3.8, 4) is 17.5 Å². The minimum Gasteiger partial charge on any atom is -0.497 e. The second-order valence-electron chi connectivity index (χ2n) is 6.18. The van der Waals surface area contributed by atoms with Gasteiger partial charge in [0.05, 0.1) is 7.11 Å². The summed E-state index contributed by atoms with van der Waals surface area (Å²) in [6.07, 6.45) is 2.71. The number of methoxy groups -OCH3 is 1. The lowest BCUT2D eigenvalue weighted by molar-refractivity contribution is -0.129. The third kappa shape index (κ3) is 3.16. The molecule has 1 aromatic heterocycles. The third-order valence-electron chi connectivity index (χ3n) is 4.59. The van der Waals surface area contributed by atoms with E-state index in [0.717, 1.165) is 47.9 Å². The zero-order valence-corrected chi connectivity index (χ0v) is 14.7. The number of likely N-dealkylation sites (tertiary alicyclic amines) is 1. The topological polar surface area (TPSA) is 58.3 Å². The molecule has 0 bridgehead atoms. The summed E-state index contributed by atoms with van der Waals surface area (Å²) in [5.41, 5.74) is 4.13. The maximum atomic E-state index is 12.3. The van der Waals surface area contributed by atoms with Gasteiger partial charge < -0.3 is 14.2 Å². The number of ether oxygens (including phenoxy) is 1. The summed E-state index contributed by atoms with van der Waals surface area (Å²) in [7, 11) is 1.64. The summed E-state index contributed by atoms with van der Waals surface area (Å²) in [6, 6.07) is 11.9. The number of hydrogen-bond donors (Lipinski definition) is 0. The van der Waals surface area contributed by atoms with Gasteiger partial charge >= 0.3 is 0 Å². The molecule has 5 heteroatoms. The predicted octanol–water partition coefficient (Wildman–Crippen LogP) is 3.24. The second-order valence-corrected chi connectivity index (χ2v) is 6.18. The molecule has 0 radical (unpaired) electrons. The van der Waals surface area contributed by atoms with Crippen LogP contribution in [0, 0.1) is 25.2 Å². The van der Waals surface area contributed by atoms with Crippen molar-refractivity contribution >= 4 is 12.0 Å². The molecule has 1 aliphatic heterocycles. The van der Waals surface area contributed by atoms with E-state index in [-0.39, 0.29) is 11.5 Å². The van der Waals surface area contributed by atoms with Gasteiger partial charge in [0.25, 0.3) is 5.91 Å². The highest BCUT2D eigenvalue weighted by molar-refractivity contribution is 6.02. The standard InChI is InChI=1S/C20H21N3O2/c1-14-11-16(12-17(13-21)20(24)22-9-4-10-22)15(2)23(14)18-5-7-19(25-3)8-6-18/h5-8,11-12H,4,9-10H2,1-3H3/b17-12-. The smallest absolute Gasteiger partial charge is 0.264 e. The molecule has 0 saturated carbocycles. The number of aryl methyl sites for hydroxylation is 1. The van der Waals surface area contributed by atoms with Gasteiger partial charge in [0, 0.05) is 30.2 Å². The van der Waals surface area contributed by atoms with E-state index < -0.39 is 0 Å². The van der Waals surface area contributed by atoms with E-state index in [1.807, 2.05) is 44.2 Å². The number of nitriles is 1. The van der Waals surface area contributed by atoms with E-state index in [1.165, 1.54) is 0 Å². The number of hydrogen-bond acceptors (Lipinski definition) is 3. The molecule has 0 N–H and O–H groups in total. The molecule has 5 nitrogen and oxygen atoms in total. The van der Waals surface area contributed by atoms with Gasteiger partial charge in [-0.3, -0.25) is 4.79 Å². The largest absolute Gasteiger partial charge is 0.497 e. The minimum absolute atomic E-state index is 0.178. The average Bonchev–Trinajstić information content (AvgIpc) is 2.84. The predicted molar refractivity (Wildman–Crippen MR) is 96.6 cm³/mol. The molecule has 2 aromatic rings. The lowest BCUT2D eigenvalue weighted by Gasteiger charge is -2.30. The van der Waals surface area contributed by atoms with Crippen molar-refractivity contribution in [3.63, 3.8) is 0 Å². The van der Waals surface area contributed by atoms with Crippen LogP contribution in [0.4, 0.5) is 0 Å². The van der Waals surface area contributed by atoms with Crippen molar-refractivity contribution < 1.29 is 9.53 Å². The van der Waals surface area contributed by atoms with Gasteiger partial charge in [0.1, 0.15) is 17.4 Å². The number of carbonyl (C=O) groups excluding carboxylic acids is 1. The van der Waals surface area contributed by atoms with E-state index in [9.17, 15) is 10.1 Å². The summed E-state index contributed by atoms with van der Waals surface area (Å²) >= 11 is 0. The normalized spacial score (nSPS) is 14.0. The number of benzene rings is 1. The zero-order valence-electron chi connectivity index (χ0n) is 14.7. The van der Waals surface area contributed by atoms with Crippen LogP contribution in [-0.2, 0) is 4.79 Å². The SMILES string of the molecule is COc1ccc(-n2c(C)cc(/C=C(/C#N)C(=O)N3CCC3)c2C)cc1. The molecule has 0 unspecified atom stereocenters. The number of amides is 1. The second kappa shape index (κ2) is 6.86. The molecule has 0 aliphatic carbocycles. The van der Waals surface area contributed by atoms with Crippen LogP contribution in [-0.4, -0.2) is 35.6 Å². The van der Waals surface area contributed by atoms with Gasteiger partial charge in [-0.1, -0.05) is 0 Å². The Balaban J connectivity index is 1.97. The summed E-state index contributed by atoms with van der Waals surface area (Å²) in [6.45, 7) is 5.48. The number of nitrogens with zero attached hydrogens (tertiary/aromatic N) is 3. The van der Waals surface area contributed by atoms with Crippen LogP contribution in [0.25, 0.3) is 11.8 Å². The van der Waals surface area contributed by atoms with Gasteiger partial charge in [0.2, 0.25) is 0 Å². The summed E-state index contributed by atoms with van der Waals surface area (Å²) < 4.78 is 7.31. The average molecular weight is 335 g/mol. The first-order valence-electron chi connectivity index (χ1n) is 8.29. The van der Waals surface area contributed by atoms with Gasteiger partial charge in [-0.2, -0.15) is 5.26 Å². The molecule has 1 fully saturated rings. The Bertz CT molecular complexity index is 866. The highest BCUT2D eigenvalue weighted by Crippen LogP contribution is 2.25. The van der Waals surface area contributed by atoms with E-state index in [2.05, 4.69) is 10.6 Å². The van der Waals surface area contributed by atoms with Crippen LogP contribution < -0.4 is 4.74 Å². The van der Waals surface area contributed by atoms with Crippen molar-refractivity contribution in [3.05, 3.63) is 52.9 Å². The minimum atomic E-state index is -0.178. The van der Waals surface area contributed by atoms with Crippen LogP contribution in [0.2, 0.25) is 0 Å². The Morgan fingerprint density at radius 1 is 1.24 bits per heavy atom. The molecule has 0 atom stereocenters. The van der Waals surface area contributed by atoms with Gasteiger partial charge in [0.15, 0.2) is 0 Å². The first kappa shape index (κ1) is 16.8. The molecule has 2 heterocycles. The molecule has 25 heavy (non-hydrogen) atoms. The maximum Gasteiger partial charge on any atom is 0.264 e. The van der Waals surface area contributed by atoms with Crippen LogP contribution in [0.3, 0.4) is 0 Å². The monoisotopic (exact) mass is 335 g/mol. The van der Waals surface area contributed by atoms with Gasteiger partial charge in [-0.15, -0.1) is 0 Å². The summed E-state index contributed by atoms with van der Waals surface area (Å²) in [4.78, 5) is 14.0. The molecule has 1 aliphatic rings. The van der Waals surface area contributed by atoms with Crippen molar-refractivity contribution in [2.45, 2.75) is 20.3 Å².